The van der Waals surface area contributed by atoms with Crippen LogP contribution < -0.4 is 5.32 Å². The summed E-state index contributed by atoms with van der Waals surface area (Å²) in [5, 5.41) is 18.1. The number of phenolic OH excluding ortho intramolecular Hbond substituents is 1. The molecule has 1 aromatic heterocycles. The lowest BCUT2D eigenvalue weighted by atomic mass is 10.1. The number of benzene rings is 2. The predicted octanol–water partition coefficient (Wildman–Crippen LogP) is 4.83. The smallest absolute Gasteiger partial charge is 0.222 e. The highest BCUT2D eigenvalue weighted by Gasteiger charge is 2.13. The fourth-order valence-electron chi connectivity index (χ4n) is 2.84. The number of rotatable bonds is 8. The number of hydrogen-bond donors (Lipinski definition) is 2. The zero-order chi connectivity index (χ0) is 19.2. The first-order valence-corrected chi connectivity index (χ1v) is 10.8. The molecule has 0 aliphatic rings. The van der Waals surface area contributed by atoms with E-state index in [1.54, 1.807) is 30.3 Å². The molecule has 0 saturated heterocycles. The highest BCUT2D eigenvalue weighted by atomic mass is 32.2. The third-order valence-corrected chi connectivity index (χ3v) is 6.29. The van der Waals surface area contributed by atoms with Crippen LogP contribution in [-0.2, 0) is 11.2 Å². The lowest BCUT2D eigenvalue weighted by molar-refractivity contribution is -0.128. The molecule has 0 unspecified atom stereocenters. The van der Waals surface area contributed by atoms with Crippen molar-refractivity contribution >= 4 is 45.5 Å². The molecule has 1 heterocycles. The van der Waals surface area contributed by atoms with Crippen LogP contribution in [0.4, 0.5) is 5.69 Å². The van der Waals surface area contributed by atoms with Crippen molar-refractivity contribution in [3.8, 4) is 5.75 Å². The lowest BCUT2D eigenvalue weighted by Gasteiger charge is -2.15. The van der Waals surface area contributed by atoms with E-state index in [4.69, 9.17) is 0 Å². The minimum Gasteiger partial charge on any atom is -0.506 e. The van der Waals surface area contributed by atoms with Gasteiger partial charge in [0.1, 0.15) is 5.75 Å². The van der Waals surface area contributed by atoms with Crippen LogP contribution in [0.3, 0.4) is 0 Å². The molecular formula is C21H24N2O2S2. The van der Waals surface area contributed by atoms with Crippen LogP contribution in [0.1, 0.15) is 11.3 Å². The fraction of sp³-hybridized carbons (Fsp3) is 0.286. The lowest BCUT2D eigenvalue weighted by Crippen LogP contribution is -2.21. The first kappa shape index (κ1) is 19.6. The van der Waals surface area contributed by atoms with Gasteiger partial charge in [-0.05, 0) is 23.9 Å². The van der Waals surface area contributed by atoms with Gasteiger partial charge in [-0.3, -0.25) is 4.79 Å². The maximum Gasteiger partial charge on any atom is 0.222 e. The Morgan fingerprint density at radius 3 is 2.67 bits per heavy atom. The molecule has 0 bridgehead atoms. The van der Waals surface area contributed by atoms with Crippen molar-refractivity contribution in [2.75, 3.05) is 31.7 Å². The van der Waals surface area contributed by atoms with Gasteiger partial charge < -0.3 is 15.3 Å². The van der Waals surface area contributed by atoms with E-state index in [0.717, 1.165) is 34.3 Å². The van der Waals surface area contributed by atoms with Crippen molar-refractivity contribution < 1.29 is 9.90 Å². The Labute approximate surface area is 168 Å². The molecule has 0 spiro atoms. The number of phenols is 1. The third-order valence-electron chi connectivity index (χ3n) is 4.32. The molecule has 2 N–H and O–H groups in total. The van der Waals surface area contributed by atoms with Crippen molar-refractivity contribution in [2.45, 2.75) is 17.7 Å². The summed E-state index contributed by atoms with van der Waals surface area (Å²) in [6.45, 7) is 0.832. The molecule has 6 heteroatoms. The van der Waals surface area contributed by atoms with Gasteiger partial charge in [-0.2, -0.15) is 0 Å². The molecule has 0 aliphatic carbocycles. The Bertz CT molecular complexity index is 908. The van der Waals surface area contributed by atoms with Gasteiger partial charge in [0.15, 0.2) is 0 Å². The number of carbonyl (C=O) groups is 1. The van der Waals surface area contributed by atoms with Gasteiger partial charge in [0.2, 0.25) is 5.91 Å². The van der Waals surface area contributed by atoms with E-state index in [-0.39, 0.29) is 11.7 Å². The van der Waals surface area contributed by atoms with Gasteiger partial charge in [0, 0.05) is 54.2 Å². The number of nitrogens with one attached hydrogen (secondary N) is 1. The van der Waals surface area contributed by atoms with Crippen molar-refractivity contribution in [3.05, 3.63) is 52.7 Å². The summed E-state index contributed by atoms with van der Waals surface area (Å²) in [6.07, 6.45) is 1.41. The van der Waals surface area contributed by atoms with Gasteiger partial charge in [0.05, 0.1) is 4.90 Å². The minimum atomic E-state index is 0.0945. The van der Waals surface area contributed by atoms with Crippen LogP contribution in [0.2, 0.25) is 0 Å². The van der Waals surface area contributed by atoms with Crippen LogP contribution in [-0.4, -0.2) is 42.3 Å². The average Bonchev–Trinajstić information content (AvgIpc) is 3.18. The van der Waals surface area contributed by atoms with E-state index in [2.05, 4.69) is 22.8 Å². The van der Waals surface area contributed by atoms with Crippen LogP contribution in [0.15, 0.2) is 52.7 Å². The number of amides is 1. The largest absolute Gasteiger partial charge is 0.506 e. The van der Waals surface area contributed by atoms with Gasteiger partial charge in [0.25, 0.3) is 0 Å². The number of nitrogens with zero attached hydrogens (tertiary/aromatic N) is 1. The maximum atomic E-state index is 11.8. The van der Waals surface area contributed by atoms with Crippen molar-refractivity contribution in [2.24, 2.45) is 0 Å². The molecule has 0 saturated carbocycles. The number of thioether (sulfide) groups is 1. The van der Waals surface area contributed by atoms with Gasteiger partial charge >= 0.3 is 0 Å². The third kappa shape index (κ3) is 4.96. The molecule has 3 rings (SSSR count). The van der Waals surface area contributed by atoms with E-state index in [9.17, 15) is 9.90 Å². The number of anilines is 1. The highest BCUT2D eigenvalue weighted by molar-refractivity contribution is 7.99. The summed E-state index contributed by atoms with van der Waals surface area (Å²) in [6, 6.07) is 14.1. The van der Waals surface area contributed by atoms with Crippen LogP contribution >= 0.6 is 23.1 Å². The van der Waals surface area contributed by atoms with E-state index >= 15 is 0 Å². The van der Waals surface area contributed by atoms with Crippen LogP contribution in [0, 0.1) is 0 Å². The maximum absolute atomic E-state index is 11.8. The summed E-state index contributed by atoms with van der Waals surface area (Å²) in [5.74, 6) is 1.02. The Morgan fingerprint density at radius 1 is 1.19 bits per heavy atom. The zero-order valence-electron chi connectivity index (χ0n) is 15.6. The van der Waals surface area contributed by atoms with Crippen LogP contribution in [0.5, 0.6) is 5.75 Å². The monoisotopic (exact) mass is 400 g/mol. The second-order valence-electron chi connectivity index (χ2n) is 6.46. The summed E-state index contributed by atoms with van der Waals surface area (Å²) >= 11 is 3.28. The Hall–Kier alpha value is -2.18. The summed E-state index contributed by atoms with van der Waals surface area (Å²) in [5.41, 5.74) is 1.02. The second kappa shape index (κ2) is 9.15. The molecule has 3 aromatic rings. The molecule has 0 aliphatic heterocycles. The van der Waals surface area contributed by atoms with E-state index in [1.807, 2.05) is 30.3 Å². The van der Waals surface area contributed by atoms with E-state index < -0.39 is 0 Å². The molecule has 0 atom stereocenters. The molecule has 1 amide bonds. The quantitative estimate of drug-likeness (QED) is 0.420. The first-order chi connectivity index (χ1) is 13.1. The van der Waals surface area contributed by atoms with Gasteiger partial charge in [-0.15, -0.1) is 23.1 Å². The number of hydrogen-bond acceptors (Lipinski definition) is 5. The number of aromatic hydroxyl groups is 1. The summed E-state index contributed by atoms with van der Waals surface area (Å²) < 4.78 is 0. The number of carbonyl (C=O) groups excluding carboxylic acids is 1. The van der Waals surface area contributed by atoms with Crippen molar-refractivity contribution in [3.63, 3.8) is 0 Å². The van der Waals surface area contributed by atoms with Crippen LogP contribution in [0.25, 0.3) is 10.8 Å². The number of fused-ring (bicyclic) bond motifs is 1. The molecule has 0 radical (unpaired) electrons. The van der Waals surface area contributed by atoms with E-state index in [0.29, 0.717) is 12.2 Å². The molecule has 0 fully saturated rings. The molecule has 4 nitrogen and oxygen atoms in total. The normalized spacial score (nSPS) is 10.9. The first-order valence-electron chi connectivity index (χ1n) is 8.90. The average molecular weight is 401 g/mol. The Kier molecular flexibility index (Phi) is 6.63. The SMILES string of the molecule is CN(C)C(=O)CCSc1cc(NCCc2cccs2)c2ccccc2c1O. The van der Waals surface area contributed by atoms with Crippen molar-refractivity contribution in [1.82, 2.24) is 4.90 Å². The van der Waals surface area contributed by atoms with Gasteiger partial charge in [-0.1, -0.05) is 30.3 Å². The summed E-state index contributed by atoms with van der Waals surface area (Å²) in [4.78, 5) is 15.5. The molecule has 142 valence electrons. The molecule has 2 aromatic carbocycles. The molecular weight excluding hydrogens is 376 g/mol. The van der Waals surface area contributed by atoms with Crippen molar-refractivity contribution in [1.29, 1.82) is 0 Å². The topological polar surface area (TPSA) is 52.6 Å². The number of thiophene rings is 1. The zero-order valence-corrected chi connectivity index (χ0v) is 17.2. The van der Waals surface area contributed by atoms with E-state index in [1.165, 1.54) is 16.6 Å². The van der Waals surface area contributed by atoms with Gasteiger partial charge in [-0.25, -0.2) is 0 Å². The Balaban J connectivity index is 1.77. The predicted molar refractivity (Wildman–Crippen MR) is 116 cm³/mol. The second-order valence-corrected chi connectivity index (χ2v) is 8.63. The minimum absolute atomic E-state index is 0.0945. The summed E-state index contributed by atoms with van der Waals surface area (Å²) in [7, 11) is 3.52. The Morgan fingerprint density at radius 2 is 1.96 bits per heavy atom. The highest BCUT2D eigenvalue weighted by Crippen LogP contribution is 2.40. The molecule has 27 heavy (non-hydrogen) atoms. The standard InChI is InChI=1S/C21H24N2O2S2/c1-23(2)20(24)10-13-27-19-14-18(22-11-9-15-6-5-12-26-15)16-7-3-4-8-17(16)21(19)25/h3-8,12,14,22,25H,9-11,13H2,1-2H3. The fourth-order valence-corrected chi connectivity index (χ4v) is 4.49.